The minimum absolute atomic E-state index is 0.0759. The van der Waals surface area contributed by atoms with E-state index in [1.807, 2.05) is 6.92 Å². The lowest BCUT2D eigenvalue weighted by Crippen LogP contribution is -2.30. The first-order valence-electron chi connectivity index (χ1n) is 6.79. The van der Waals surface area contributed by atoms with Crippen molar-refractivity contribution in [3.8, 4) is 5.75 Å². The molecule has 0 saturated heterocycles. The minimum Gasteiger partial charge on any atom is -0.481 e. The van der Waals surface area contributed by atoms with Gasteiger partial charge in [0, 0.05) is 0 Å². The van der Waals surface area contributed by atoms with E-state index in [4.69, 9.17) is 21.4 Å². The van der Waals surface area contributed by atoms with Gasteiger partial charge < -0.3 is 15.2 Å². The van der Waals surface area contributed by atoms with Gasteiger partial charge in [0.25, 0.3) is 5.91 Å². The third-order valence-corrected chi connectivity index (χ3v) is 3.44. The van der Waals surface area contributed by atoms with Crippen molar-refractivity contribution in [3.63, 3.8) is 0 Å². The van der Waals surface area contributed by atoms with Crippen LogP contribution in [0, 0.1) is 6.92 Å². The number of aryl methyl sites for hydroxylation is 1. The maximum absolute atomic E-state index is 12.1. The average Bonchev–Trinajstić information content (AvgIpc) is 2.51. The van der Waals surface area contributed by atoms with Gasteiger partial charge in [-0.15, -0.1) is 0 Å². The SMILES string of the molecule is Cc1cc(NC(=O)C(C)Oc2cccc(CO)c2)cnc1Cl. The number of nitrogens with one attached hydrogen (secondary N) is 1. The molecular formula is C16H17ClN2O3. The summed E-state index contributed by atoms with van der Waals surface area (Å²) in [4.78, 5) is 16.1. The molecule has 6 heteroatoms. The predicted molar refractivity (Wildman–Crippen MR) is 85.1 cm³/mol. The summed E-state index contributed by atoms with van der Waals surface area (Å²) >= 11 is 5.85. The van der Waals surface area contributed by atoms with Crippen LogP contribution in [0.15, 0.2) is 36.5 Å². The number of carbonyl (C=O) groups excluding carboxylic acids is 1. The molecule has 0 spiro atoms. The molecule has 1 heterocycles. The highest BCUT2D eigenvalue weighted by Crippen LogP contribution is 2.18. The number of ether oxygens (including phenoxy) is 1. The Morgan fingerprint density at radius 3 is 2.91 bits per heavy atom. The smallest absolute Gasteiger partial charge is 0.265 e. The second-order valence-electron chi connectivity index (χ2n) is 4.89. The first-order chi connectivity index (χ1) is 10.5. The summed E-state index contributed by atoms with van der Waals surface area (Å²) in [6.07, 6.45) is 0.803. The monoisotopic (exact) mass is 320 g/mol. The predicted octanol–water partition coefficient (Wildman–Crippen LogP) is 2.94. The number of pyridine rings is 1. The maximum Gasteiger partial charge on any atom is 0.265 e. The molecule has 116 valence electrons. The van der Waals surface area contributed by atoms with Crippen molar-refractivity contribution in [2.75, 3.05) is 5.32 Å². The molecule has 1 unspecified atom stereocenters. The molecule has 1 amide bonds. The molecule has 0 aliphatic heterocycles. The van der Waals surface area contributed by atoms with Gasteiger partial charge in [-0.3, -0.25) is 4.79 Å². The highest BCUT2D eigenvalue weighted by molar-refractivity contribution is 6.30. The number of halogens is 1. The Labute approximate surface area is 133 Å². The second kappa shape index (κ2) is 7.24. The van der Waals surface area contributed by atoms with Crippen LogP contribution in [0.4, 0.5) is 5.69 Å². The first-order valence-corrected chi connectivity index (χ1v) is 7.17. The van der Waals surface area contributed by atoms with Crippen LogP contribution in [0.25, 0.3) is 0 Å². The van der Waals surface area contributed by atoms with Crippen LogP contribution in [0.5, 0.6) is 5.75 Å². The van der Waals surface area contributed by atoms with Gasteiger partial charge in [-0.25, -0.2) is 4.98 Å². The lowest BCUT2D eigenvalue weighted by Gasteiger charge is -2.15. The van der Waals surface area contributed by atoms with Crippen LogP contribution in [-0.4, -0.2) is 22.1 Å². The number of aliphatic hydroxyl groups excluding tert-OH is 1. The van der Waals surface area contributed by atoms with Crippen LogP contribution in [0.2, 0.25) is 5.15 Å². The third kappa shape index (κ3) is 4.19. The van der Waals surface area contributed by atoms with Crippen LogP contribution < -0.4 is 10.1 Å². The van der Waals surface area contributed by atoms with Crippen LogP contribution in [0.1, 0.15) is 18.1 Å². The van der Waals surface area contributed by atoms with E-state index in [-0.39, 0.29) is 12.5 Å². The lowest BCUT2D eigenvalue weighted by molar-refractivity contribution is -0.122. The molecular weight excluding hydrogens is 304 g/mol. The molecule has 5 nitrogen and oxygen atoms in total. The van der Waals surface area contributed by atoms with Gasteiger partial charge >= 0.3 is 0 Å². The van der Waals surface area contributed by atoms with E-state index in [1.165, 1.54) is 6.20 Å². The molecule has 0 bridgehead atoms. The first kappa shape index (κ1) is 16.3. The molecule has 1 aromatic carbocycles. The fourth-order valence-electron chi connectivity index (χ4n) is 1.85. The van der Waals surface area contributed by atoms with E-state index in [9.17, 15) is 4.79 Å². The van der Waals surface area contributed by atoms with Crippen molar-refractivity contribution in [2.24, 2.45) is 0 Å². The van der Waals surface area contributed by atoms with Crippen molar-refractivity contribution in [3.05, 3.63) is 52.8 Å². The second-order valence-corrected chi connectivity index (χ2v) is 5.24. The average molecular weight is 321 g/mol. The Bertz CT molecular complexity index is 676. The molecule has 0 fully saturated rings. The molecule has 0 aliphatic carbocycles. The fourth-order valence-corrected chi connectivity index (χ4v) is 1.95. The van der Waals surface area contributed by atoms with E-state index >= 15 is 0 Å². The molecule has 2 aromatic rings. The number of nitrogens with zero attached hydrogens (tertiary/aromatic N) is 1. The zero-order valence-corrected chi connectivity index (χ0v) is 13.1. The summed E-state index contributed by atoms with van der Waals surface area (Å²) in [6, 6.07) is 8.71. The van der Waals surface area contributed by atoms with E-state index in [0.29, 0.717) is 16.6 Å². The zero-order chi connectivity index (χ0) is 16.1. The Morgan fingerprint density at radius 2 is 2.23 bits per heavy atom. The quantitative estimate of drug-likeness (QED) is 0.831. The van der Waals surface area contributed by atoms with Crippen LogP contribution in [0.3, 0.4) is 0 Å². The largest absolute Gasteiger partial charge is 0.481 e. The minimum atomic E-state index is -0.690. The van der Waals surface area contributed by atoms with Crippen LogP contribution in [-0.2, 0) is 11.4 Å². The molecule has 0 radical (unpaired) electrons. The highest BCUT2D eigenvalue weighted by Gasteiger charge is 2.15. The summed E-state index contributed by atoms with van der Waals surface area (Å²) < 4.78 is 5.58. The van der Waals surface area contributed by atoms with E-state index < -0.39 is 6.10 Å². The van der Waals surface area contributed by atoms with E-state index in [1.54, 1.807) is 37.3 Å². The van der Waals surface area contributed by atoms with Gasteiger partial charge in [-0.1, -0.05) is 23.7 Å². The van der Waals surface area contributed by atoms with Gasteiger partial charge in [-0.05, 0) is 43.2 Å². The maximum atomic E-state index is 12.1. The van der Waals surface area contributed by atoms with Crippen molar-refractivity contribution in [1.29, 1.82) is 0 Å². The van der Waals surface area contributed by atoms with Crippen molar-refractivity contribution < 1.29 is 14.6 Å². The van der Waals surface area contributed by atoms with Gasteiger partial charge in [0.05, 0.1) is 18.5 Å². The summed E-state index contributed by atoms with van der Waals surface area (Å²) in [6.45, 7) is 3.38. The lowest BCUT2D eigenvalue weighted by atomic mass is 10.2. The molecule has 1 aromatic heterocycles. The van der Waals surface area contributed by atoms with Crippen molar-refractivity contribution in [1.82, 2.24) is 4.98 Å². The number of aromatic nitrogens is 1. The number of amides is 1. The standard InChI is InChI=1S/C16H17ClN2O3/c1-10-6-13(8-18-15(10)17)19-16(21)11(2)22-14-5-3-4-12(7-14)9-20/h3-8,11,20H,9H2,1-2H3,(H,19,21). The number of hydrogen-bond donors (Lipinski definition) is 2. The Morgan fingerprint density at radius 1 is 1.45 bits per heavy atom. The van der Waals surface area contributed by atoms with Gasteiger partial charge in [0.1, 0.15) is 10.9 Å². The fraction of sp³-hybridized carbons (Fsp3) is 0.250. The molecule has 2 rings (SSSR count). The topological polar surface area (TPSA) is 71.5 Å². The number of hydrogen-bond acceptors (Lipinski definition) is 4. The number of aliphatic hydroxyl groups is 1. The highest BCUT2D eigenvalue weighted by atomic mass is 35.5. The normalized spacial score (nSPS) is 11.8. The summed E-state index contributed by atoms with van der Waals surface area (Å²) in [7, 11) is 0. The molecule has 1 atom stereocenters. The molecule has 0 aliphatic rings. The summed E-state index contributed by atoms with van der Waals surface area (Å²) in [5.74, 6) is 0.234. The molecule has 2 N–H and O–H groups in total. The molecule has 22 heavy (non-hydrogen) atoms. The Kier molecular flexibility index (Phi) is 5.35. The Hall–Kier alpha value is -2.11. The molecule has 0 saturated carbocycles. The number of rotatable bonds is 5. The third-order valence-electron chi connectivity index (χ3n) is 3.05. The van der Waals surface area contributed by atoms with Gasteiger partial charge in [0.15, 0.2) is 6.10 Å². The van der Waals surface area contributed by atoms with Gasteiger partial charge in [0.2, 0.25) is 0 Å². The number of anilines is 1. The summed E-state index contributed by atoms with van der Waals surface area (Å²) in [5, 5.41) is 12.2. The van der Waals surface area contributed by atoms with Crippen molar-refractivity contribution >= 4 is 23.2 Å². The van der Waals surface area contributed by atoms with Gasteiger partial charge in [-0.2, -0.15) is 0 Å². The van der Waals surface area contributed by atoms with Crippen molar-refractivity contribution in [2.45, 2.75) is 26.6 Å². The zero-order valence-electron chi connectivity index (χ0n) is 12.3. The number of benzene rings is 1. The van der Waals surface area contributed by atoms with E-state index in [0.717, 1.165) is 11.1 Å². The Balaban J connectivity index is 2.00. The number of carbonyl (C=O) groups is 1. The summed E-state index contributed by atoms with van der Waals surface area (Å²) in [5.41, 5.74) is 2.07. The van der Waals surface area contributed by atoms with Crippen LogP contribution >= 0.6 is 11.6 Å². The van der Waals surface area contributed by atoms with E-state index in [2.05, 4.69) is 10.3 Å².